The zero-order valence-electron chi connectivity index (χ0n) is 10.9. The second-order valence-corrected chi connectivity index (χ2v) is 4.95. The molecule has 0 heterocycles. The summed E-state index contributed by atoms with van der Waals surface area (Å²) in [5.74, 6) is 1.07. The number of aryl methyl sites for hydroxylation is 2. The Bertz CT molecular complexity index is 440. The number of hydrogen-bond acceptors (Lipinski definition) is 3. The molecule has 2 rings (SSSR count). The average molecular weight is 248 g/mol. The van der Waals surface area contributed by atoms with E-state index in [2.05, 4.69) is 5.16 Å². The quantitative estimate of drug-likeness (QED) is 0.374. The molecule has 1 fully saturated rings. The average Bonchev–Trinajstić information content (AvgIpc) is 2.85. The van der Waals surface area contributed by atoms with Crippen molar-refractivity contribution in [2.45, 2.75) is 45.6 Å². The predicted octanol–water partition coefficient (Wildman–Crippen LogP) is 2.72. The van der Waals surface area contributed by atoms with Crippen LogP contribution in [-0.4, -0.2) is 17.1 Å². The minimum Gasteiger partial charge on any atom is -0.490 e. The standard InChI is InChI=1S/C14H20N2O2/c1-9-7-11(14(15)16-17)8-10(2)13(9)18-12-5-3-4-6-12/h7-8,12,17H,3-6H2,1-2H3,(H2,15,16). The third kappa shape index (κ3) is 2.58. The summed E-state index contributed by atoms with van der Waals surface area (Å²) in [4.78, 5) is 0. The highest BCUT2D eigenvalue weighted by molar-refractivity contribution is 5.97. The third-order valence-corrected chi connectivity index (χ3v) is 3.45. The van der Waals surface area contributed by atoms with Crippen LogP contribution in [0.3, 0.4) is 0 Å². The van der Waals surface area contributed by atoms with Crippen molar-refractivity contribution in [2.75, 3.05) is 0 Å². The molecule has 4 heteroatoms. The van der Waals surface area contributed by atoms with Crippen molar-refractivity contribution in [2.24, 2.45) is 10.9 Å². The van der Waals surface area contributed by atoms with Gasteiger partial charge >= 0.3 is 0 Å². The van der Waals surface area contributed by atoms with Crippen LogP contribution >= 0.6 is 0 Å². The van der Waals surface area contributed by atoms with Gasteiger partial charge in [-0.3, -0.25) is 0 Å². The lowest BCUT2D eigenvalue weighted by atomic mass is 10.0. The fourth-order valence-electron chi connectivity index (χ4n) is 2.51. The van der Waals surface area contributed by atoms with Gasteiger partial charge in [-0.2, -0.15) is 0 Å². The first-order valence-electron chi connectivity index (χ1n) is 6.37. The Hall–Kier alpha value is -1.71. The van der Waals surface area contributed by atoms with Crippen molar-refractivity contribution >= 4 is 5.84 Å². The molecule has 0 bridgehead atoms. The summed E-state index contributed by atoms with van der Waals surface area (Å²) in [5, 5.41) is 11.7. The second kappa shape index (κ2) is 5.29. The van der Waals surface area contributed by atoms with Crippen LogP contribution in [0.4, 0.5) is 0 Å². The van der Waals surface area contributed by atoms with E-state index in [-0.39, 0.29) is 5.84 Å². The van der Waals surface area contributed by atoms with Gasteiger partial charge in [0.1, 0.15) is 5.75 Å². The number of benzene rings is 1. The molecule has 0 unspecified atom stereocenters. The molecule has 0 amide bonds. The van der Waals surface area contributed by atoms with Gasteiger partial charge in [0.15, 0.2) is 5.84 Å². The van der Waals surface area contributed by atoms with Crippen molar-refractivity contribution in [1.29, 1.82) is 0 Å². The third-order valence-electron chi connectivity index (χ3n) is 3.45. The van der Waals surface area contributed by atoms with Gasteiger partial charge in [-0.15, -0.1) is 0 Å². The van der Waals surface area contributed by atoms with Gasteiger partial charge < -0.3 is 15.7 Å². The molecular formula is C14H20N2O2. The number of nitrogens with zero attached hydrogens (tertiary/aromatic N) is 1. The molecule has 4 nitrogen and oxygen atoms in total. The molecule has 3 N–H and O–H groups in total. The fraction of sp³-hybridized carbons (Fsp3) is 0.500. The molecule has 1 aromatic carbocycles. The second-order valence-electron chi connectivity index (χ2n) is 4.95. The van der Waals surface area contributed by atoms with Crippen molar-refractivity contribution in [3.05, 3.63) is 28.8 Å². The first-order valence-corrected chi connectivity index (χ1v) is 6.37. The molecule has 0 aliphatic heterocycles. The number of ether oxygens (including phenoxy) is 1. The molecule has 1 saturated carbocycles. The zero-order valence-corrected chi connectivity index (χ0v) is 10.9. The smallest absolute Gasteiger partial charge is 0.170 e. The Labute approximate surface area is 107 Å². The van der Waals surface area contributed by atoms with E-state index < -0.39 is 0 Å². The summed E-state index contributed by atoms with van der Waals surface area (Å²) >= 11 is 0. The van der Waals surface area contributed by atoms with E-state index in [1.807, 2.05) is 26.0 Å². The van der Waals surface area contributed by atoms with Crippen LogP contribution in [0.1, 0.15) is 42.4 Å². The molecular weight excluding hydrogens is 228 g/mol. The fourth-order valence-corrected chi connectivity index (χ4v) is 2.51. The lowest BCUT2D eigenvalue weighted by molar-refractivity contribution is 0.207. The highest BCUT2D eigenvalue weighted by Gasteiger charge is 2.19. The van der Waals surface area contributed by atoms with E-state index in [4.69, 9.17) is 15.7 Å². The first kappa shape index (κ1) is 12.7. The number of rotatable bonds is 3. The summed E-state index contributed by atoms with van der Waals surface area (Å²) in [7, 11) is 0. The van der Waals surface area contributed by atoms with Crippen molar-refractivity contribution < 1.29 is 9.94 Å². The summed E-state index contributed by atoms with van der Waals surface area (Å²) in [6.45, 7) is 3.98. The molecule has 1 aliphatic carbocycles. The molecule has 1 aromatic rings. The van der Waals surface area contributed by atoms with Crippen LogP contribution in [0.25, 0.3) is 0 Å². The Balaban J connectivity index is 2.26. The van der Waals surface area contributed by atoms with Gasteiger partial charge in [0.05, 0.1) is 6.10 Å². The molecule has 0 atom stereocenters. The highest BCUT2D eigenvalue weighted by Crippen LogP contribution is 2.30. The van der Waals surface area contributed by atoms with E-state index in [1.165, 1.54) is 12.8 Å². The Morgan fingerprint density at radius 3 is 2.33 bits per heavy atom. The number of hydrogen-bond donors (Lipinski definition) is 2. The van der Waals surface area contributed by atoms with Crippen LogP contribution in [0.5, 0.6) is 5.75 Å². The van der Waals surface area contributed by atoms with Gasteiger partial charge in [0, 0.05) is 5.56 Å². The van der Waals surface area contributed by atoms with Crippen molar-refractivity contribution in [3.8, 4) is 5.75 Å². The minimum absolute atomic E-state index is 0.133. The lowest BCUT2D eigenvalue weighted by Gasteiger charge is -2.18. The van der Waals surface area contributed by atoms with E-state index >= 15 is 0 Å². The first-order chi connectivity index (χ1) is 8.61. The SMILES string of the molecule is Cc1cc(C(N)=NO)cc(C)c1OC1CCCC1. The number of oxime groups is 1. The lowest BCUT2D eigenvalue weighted by Crippen LogP contribution is -2.16. The van der Waals surface area contributed by atoms with Crippen molar-refractivity contribution in [3.63, 3.8) is 0 Å². The van der Waals surface area contributed by atoms with Gasteiger partial charge in [0.25, 0.3) is 0 Å². The van der Waals surface area contributed by atoms with Gasteiger partial charge in [-0.05, 0) is 62.8 Å². The molecule has 0 radical (unpaired) electrons. The summed E-state index contributed by atoms with van der Waals surface area (Å²) in [5.41, 5.74) is 8.39. The van der Waals surface area contributed by atoms with E-state index in [9.17, 15) is 0 Å². The zero-order chi connectivity index (χ0) is 13.1. The monoisotopic (exact) mass is 248 g/mol. The molecule has 18 heavy (non-hydrogen) atoms. The van der Waals surface area contributed by atoms with Gasteiger partial charge in [-0.1, -0.05) is 5.16 Å². The topological polar surface area (TPSA) is 67.8 Å². The number of amidine groups is 1. The van der Waals surface area contributed by atoms with E-state index in [1.54, 1.807) is 0 Å². The minimum atomic E-state index is 0.133. The summed E-state index contributed by atoms with van der Waals surface area (Å²) < 4.78 is 6.06. The Kier molecular flexibility index (Phi) is 3.75. The van der Waals surface area contributed by atoms with Gasteiger partial charge in [0.2, 0.25) is 0 Å². The van der Waals surface area contributed by atoms with Crippen LogP contribution in [0.15, 0.2) is 17.3 Å². The Morgan fingerprint density at radius 2 is 1.83 bits per heavy atom. The van der Waals surface area contributed by atoms with Gasteiger partial charge in [-0.25, -0.2) is 0 Å². The molecule has 0 aromatic heterocycles. The largest absolute Gasteiger partial charge is 0.490 e. The summed E-state index contributed by atoms with van der Waals surface area (Å²) in [6.07, 6.45) is 5.13. The summed E-state index contributed by atoms with van der Waals surface area (Å²) in [6, 6.07) is 3.79. The van der Waals surface area contributed by atoms with Crippen LogP contribution < -0.4 is 10.5 Å². The van der Waals surface area contributed by atoms with Crippen LogP contribution in [0, 0.1) is 13.8 Å². The maximum atomic E-state index is 8.70. The predicted molar refractivity (Wildman–Crippen MR) is 71.3 cm³/mol. The van der Waals surface area contributed by atoms with Crippen LogP contribution in [0.2, 0.25) is 0 Å². The molecule has 1 aliphatic rings. The maximum Gasteiger partial charge on any atom is 0.170 e. The van der Waals surface area contributed by atoms with Crippen molar-refractivity contribution in [1.82, 2.24) is 0 Å². The van der Waals surface area contributed by atoms with E-state index in [0.717, 1.165) is 35.3 Å². The maximum absolute atomic E-state index is 8.70. The van der Waals surface area contributed by atoms with Crippen LogP contribution in [-0.2, 0) is 0 Å². The molecule has 0 spiro atoms. The highest BCUT2D eigenvalue weighted by atomic mass is 16.5. The normalized spacial score (nSPS) is 17.1. The Morgan fingerprint density at radius 1 is 1.28 bits per heavy atom. The molecule has 0 saturated heterocycles. The number of nitrogens with two attached hydrogens (primary N) is 1. The molecule has 98 valence electrons. The van der Waals surface area contributed by atoms with E-state index in [0.29, 0.717) is 6.10 Å².